The zero-order chi connectivity index (χ0) is 14.1. The fraction of sp³-hybridized carbons (Fsp3) is 0.364. The molecule has 0 saturated heterocycles. The van der Waals surface area contributed by atoms with Gasteiger partial charge in [-0.05, 0) is 44.5 Å². The van der Waals surface area contributed by atoms with Crippen LogP contribution in [0.5, 0.6) is 0 Å². The first-order valence-electron chi connectivity index (χ1n) is 5.16. The van der Waals surface area contributed by atoms with Gasteiger partial charge in [0, 0.05) is 0 Å². The predicted molar refractivity (Wildman–Crippen MR) is 72.3 cm³/mol. The summed E-state index contributed by atoms with van der Waals surface area (Å²) in [6.45, 7) is 4.64. The van der Waals surface area contributed by atoms with Crippen molar-refractivity contribution >= 4 is 27.2 Å². The first-order valence-corrected chi connectivity index (χ1v) is 7.05. The lowest BCUT2D eigenvalue weighted by atomic mass is 10.1. The lowest BCUT2D eigenvalue weighted by Gasteiger charge is -2.24. The van der Waals surface area contributed by atoms with E-state index in [0.717, 1.165) is 12.1 Å². The zero-order valence-electron chi connectivity index (χ0n) is 10.3. The number of sulfonamides is 1. The van der Waals surface area contributed by atoms with Crippen LogP contribution in [-0.2, 0) is 10.0 Å². The van der Waals surface area contributed by atoms with E-state index in [1.807, 2.05) is 0 Å². The predicted octanol–water partition coefficient (Wildman–Crippen LogP) is 1.48. The van der Waals surface area contributed by atoms with Crippen LogP contribution in [0, 0.1) is 12.7 Å². The average Bonchev–Trinajstić information content (AvgIpc) is 2.14. The van der Waals surface area contributed by atoms with E-state index in [1.165, 1.54) is 13.0 Å². The minimum absolute atomic E-state index is 0.00762. The molecule has 0 fully saturated rings. The lowest BCUT2D eigenvalue weighted by Crippen LogP contribution is -2.52. The third-order valence-corrected chi connectivity index (χ3v) is 4.76. The molecule has 1 rings (SSSR count). The molecule has 0 radical (unpaired) electrons. The highest BCUT2D eigenvalue weighted by atomic mass is 32.2. The highest BCUT2D eigenvalue weighted by molar-refractivity contribution is 7.89. The summed E-state index contributed by atoms with van der Waals surface area (Å²) in [5, 5.41) is 0. The summed E-state index contributed by atoms with van der Waals surface area (Å²) in [6.07, 6.45) is 0. The fourth-order valence-corrected chi connectivity index (χ4v) is 3.09. The molecule has 0 aliphatic carbocycles. The third-order valence-electron chi connectivity index (χ3n) is 2.43. The van der Waals surface area contributed by atoms with Gasteiger partial charge >= 0.3 is 0 Å². The normalized spacial score (nSPS) is 12.4. The summed E-state index contributed by atoms with van der Waals surface area (Å²) in [5.41, 5.74) is 4.74. The number of nitrogens with one attached hydrogen (secondary N) is 1. The number of hydrogen-bond acceptors (Lipinski definition) is 3. The Labute approximate surface area is 111 Å². The Balaban J connectivity index is 3.19. The quantitative estimate of drug-likeness (QED) is 0.824. The number of rotatable bonds is 4. The maximum absolute atomic E-state index is 12.9. The molecule has 0 amide bonds. The van der Waals surface area contributed by atoms with Crippen LogP contribution in [-0.4, -0.2) is 18.9 Å². The molecule has 0 aliphatic rings. The molecule has 1 aromatic carbocycles. The van der Waals surface area contributed by atoms with E-state index in [0.29, 0.717) is 5.56 Å². The average molecular weight is 290 g/mol. The number of aryl methyl sites for hydroxylation is 1. The zero-order valence-corrected chi connectivity index (χ0v) is 12.0. The largest absolute Gasteiger partial charge is 0.392 e. The van der Waals surface area contributed by atoms with Crippen molar-refractivity contribution in [3.63, 3.8) is 0 Å². The topological polar surface area (TPSA) is 72.2 Å². The molecule has 7 heteroatoms. The van der Waals surface area contributed by atoms with Crippen molar-refractivity contribution in [3.05, 3.63) is 29.6 Å². The standard InChI is InChI=1S/C11H15FN2O2S2/c1-7-6-8(12)4-5-9(7)18(15,16)14-11(2,3)10(13)17/h4-6,14H,1-3H3,(H2,13,17). The molecule has 0 bridgehead atoms. The summed E-state index contributed by atoms with van der Waals surface area (Å²) in [5.74, 6) is -0.486. The molecule has 18 heavy (non-hydrogen) atoms. The summed E-state index contributed by atoms with van der Waals surface area (Å²) >= 11 is 4.79. The van der Waals surface area contributed by atoms with E-state index < -0.39 is 21.4 Å². The van der Waals surface area contributed by atoms with Crippen molar-refractivity contribution in [2.24, 2.45) is 5.73 Å². The Kier molecular flexibility index (Phi) is 4.09. The number of benzene rings is 1. The summed E-state index contributed by atoms with van der Waals surface area (Å²) in [4.78, 5) is 0.0408. The van der Waals surface area contributed by atoms with Crippen molar-refractivity contribution in [3.8, 4) is 0 Å². The Morgan fingerprint density at radius 3 is 2.44 bits per heavy atom. The van der Waals surface area contributed by atoms with Crippen LogP contribution in [0.25, 0.3) is 0 Å². The first-order chi connectivity index (χ1) is 8.06. The second-order valence-electron chi connectivity index (χ2n) is 4.50. The van der Waals surface area contributed by atoms with Gasteiger partial charge in [0.1, 0.15) is 5.82 Å². The number of hydrogen-bond donors (Lipinski definition) is 2. The van der Waals surface area contributed by atoms with E-state index >= 15 is 0 Å². The van der Waals surface area contributed by atoms with Crippen LogP contribution in [0.3, 0.4) is 0 Å². The Morgan fingerprint density at radius 1 is 1.44 bits per heavy atom. The molecule has 3 N–H and O–H groups in total. The van der Waals surface area contributed by atoms with Gasteiger partial charge in [-0.1, -0.05) is 12.2 Å². The maximum Gasteiger partial charge on any atom is 0.241 e. The van der Waals surface area contributed by atoms with Gasteiger partial charge in [0.25, 0.3) is 0 Å². The van der Waals surface area contributed by atoms with E-state index in [9.17, 15) is 12.8 Å². The second-order valence-corrected chi connectivity index (χ2v) is 6.60. The minimum atomic E-state index is -3.79. The minimum Gasteiger partial charge on any atom is -0.392 e. The van der Waals surface area contributed by atoms with Crippen LogP contribution >= 0.6 is 12.2 Å². The summed E-state index contributed by atoms with van der Waals surface area (Å²) < 4.78 is 39.6. The summed E-state index contributed by atoms with van der Waals surface area (Å²) in [7, 11) is -3.79. The van der Waals surface area contributed by atoms with Crippen LogP contribution in [0.2, 0.25) is 0 Å². The smallest absolute Gasteiger partial charge is 0.241 e. The maximum atomic E-state index is 12.9. The molecule has 0 aromatic heterocycles. The number of halogens is 1. The molecule has 0 atom stereocenters. The van der Waals surface area contributed by atoms with E-state index in [-0.39, 0.29) is 9.88 Å². The second kappa shape index (κ2) is 4.91. The third kappa shape index (κ3) is 3.24. The van der Waals surface area contributed by atoms with Crippen molar-refractivity contribution in [1.29, 1.82) is 0 Å². The van der Waals surface area contributed by atoms with Gasteiger partial charge in [-0.25, -0.2) is 12.8 Å². The van der Waals surface area contributed by atoms with Crippen LogP contribution < -0.4 is 10.5 Å². The lowest BCUT2D eigenvalue weighted by molar-refractivity contribution is 0.545. The van der Waals surface area contributed by atoms with Crippen LogP contribution in [0.1, 0.15) is 19.4 Å². The van der Waals surface area contributed by atoms with E-state index in [1.54, 1.807) is 13.8 Å². The molecule has 0 unspecified atom stereocenters. The monoisotopic (exact) mass is 290 g/mol. The van der Waals surface area contributed by atoms with Gasteiger partial charge in [-0.15, -0.1) is 0 Å². The Hall–Kier alpha value is -1.05. The Morgan fingerprint density at radius 2 is 2.00 bits per heavy atom. The SMILES string of the molecule is Cc1cc(F)ccc1S(=O)(=O)NC(C)(C)C(N)=S. The van der Waals surface area contributed by atoms with Crippen LogP contribution in [0.4, 0.5) is 4.39 Å². The summed E-state index contributed by atoms with van der Waals surface area (Å²) in [6, 6.07) is 3.46. The number of thiocarbonyl (C=S) groups is 1. The first kappa shape index (κ1) is 15.0. The molecule has 1 aromatic rings. The van der Waals surface area contributed by atoms with Gasteiger partial charge in [0.2, 0.25) is 10.0 Å². The molecule has 0 saturated carbocycles. The highest BCUT2D eigenvalue weighted by Crippen LogP contribution is 2.18. The Bertz CT molecular complexity index is 583. The van der Waals surface area contributed by atoms with Gasteiger partial charge in [-0.2, -0.15) is 4.72 Å². The molecule has 0 heterocycles. The van der Waals surface area contributed by atoms with Gasteiger partial charge < -0.3 is 5.73 Å². The fourth-order valence-electron chi connectivity index (χ4n) is 1.36. The van der Waals surface area contributed by atoms with Crippen molar-refractivity contribution in [2.75, 3.05) is 0 Å². The molecule has 4 nitrogen and oxygen atoms in total. The highest BCUT2D eigenvalue weighted by Gasteiger charge is 2.29. The number of nitrogens with two attached hydrogens (primary N) is 1. The molecule has 100 valence electrons. The molecule has 0 spiro atoms. The van der Waals surface area contributed by atoms with Crippen molar-refractivity contribution in [2.45, 2.75) is 31.2 Å². The van der Waals surface area contributed by atoms with Crippen molar-refractivity contribution in [1.82, 2.24) is 4.72 Å². The van der Waals surface area contributed by atoms with Crippen LogP contribution in [0.15, 0.2) is 23.1 Å². The van der Waals surface area contributed by atoms with Gasteiger partial charge in [-0.3, -0.25) is 0 Å². The van der Waals surface area contributed by atoms with Crippen molar-refractivity contribution < 1.29 is 12.8 Å². The molecule has 0 aliphatic heterocycles. The van der Waals surface area contributed by atoms with E-state index in [4.69, 9.17) is 18.0 Å². The van der Waals surface area contributed by atoms with E-state index in [2.05, 4.69) is 4.72 Å². The van der Waals surface area contributed by atoms with Gasteiger partial charge in [0.15, 0.2) is 0 Å². The molecular formula is C11H15FN2O2S2. The molecular weight excluding hydrogens is 275 g/mol. The van der Waals surface area contributed by atoms with Gasteiger partial charge in [0.05, 0.1) is 15.4 Å².